The fourth-order valence-electron chi connectivity index (χ4n) is 2.47. The van der Waals surface area contributed by atoms with E-state index < -0.39 is 23.2 Å². The third kappa shape index (κ3) is 2.03. The normalized spacial score (nSPS) is 19.9. The van der Waals surface area contributed by atoms with Gasteiger partial charge in [-0.2, -0.15) is 5.26 Å². The predicted octanol–water partition coefficient (Wildman–Crippen LogP) is 3.08. The third-order valence-corrected chi connectivity index (χ3v) is 3.50. The molecule has 2 rings (SSSR count). The highest BCUT2D eigenvalue weighted by Crippen LogP contribution is 2.47. The molecule has 0 bridgehead atoms. The topological polar surface area (TPSA) is 44.0 Å². The molecule has 4 heteroatoms. The van der Waals surface area contributed by atoms with Crippen molar-refractivity contribution in [2.45, 2.75) is 31.8 Å². The summed E-state index contributed by atoms with van der Waals surface area (Å²) in [6.45, 7) is 0. The zero-order chi connectivity index (χ0) is 12.5. The van der Waals surface area contributed by atoms with Gasteiger partial charge in [-0.25, -0.2) is 8.78 Å². The van der Waals surface area contributed by atoms with Gasteiger partial charge in [0, 0.05) is 11.6 Å². The first-order valence-corrected chi connectivity index (χ1v) is 5.63. The van der Waals surface area contributed by atoms with Gasteiger partial charge in [-0.15, -0.1) is 0 Å². The van der Waals surface area contributed by atoms with Crippen LogP contribution in [0.3, 0.4) is 0 Å². The molecule has 1 aliphatic rings. The Bertz CT molecular complexity index is 461. The summed E-state index contributed by atoms with van der Waals surface area (Å²) in [6.07, 6.45) is 1.64. The largest absolute Gasteiger partial charge is 0.387 e. The van der Waals surface area contributed by atoms with E-state index in [1.807, 2.05) is 0 Å². The molecule has 1 aromatic rings. The molecule has 0 amide bonds. The van der Waals surface area contributed by atoms with Crippen molar-refractivity contribution >= 4 is 0 Å². The van der Waals surface area contributed by atoms with Gasteiger partial charge >= 0.3 is 0 Å². The number of aliphatic hydroxyl groups excluding tert-OH is 1. The van der Waals surface area contributed by atoms with Crippen LogP contribution in [-0.2, 0) is 0 Å². The zero-order valence-electron chi connectivity index (χ0n) is 9.29. The number of nitrogens with zero attached hydrogens (tertiary/aromatic N) is 1. The number of hydrogen-bond donors (Lipinski definition) is 1. The smallest absolute Gasteiger partial charge is 0.131 e. The lowest BCUT2D eigenvalue weighted by atomic mass is 9.78. The lowest BCUT2D eigenvalue weighted by molar-refractivity contribution is 0.0638. The number of nitriles is 1. The maximum atomic E-state index is 13.6. The zero-order valence-corrected chi connectivity index (χ0v) is 9.29. The van der Waals surface area contributed by atoms with E-state index in [9.17, 15) is 19.1 Å². The highest BCUT2D eigenvalue weighted by atomic mass is 19.1. The average Bonchev–Trinajstić information content (AvgIpc) is 2.78. The summed E-state index contributed by atoms with van der Waals surface area (Å²) in [5.41, 5.74) is -0.909. The van der Waals surface area contributed by atoms with Crippen LogP contribution in [0.1, 0.15) is 37.4 Å². The lowest BCUT2D eigenvalue weighted by Gasteiger charge is -2.27. The fraction of sp³-hybridized carbons (Fsp3) is 0.462. The Balaban J connectivity index is 2.36. The summed E-state index contributed by atoms with van der Waals surface area (Å²) >= 11 is 0. The molecule has 0 saturated heterocycles. The second-order valence-corrected chi connectivity index (χ2v) is 4.54. The van der Waals surface area contributed by atoms with Gasteiger partial charge in [-0.3, -0.25) is 0 Å². The van der Waals surface area contributed by atoms with E-state index in [0.717, 1.165) is 25.0 Å². The Hall–Kier alpha value is -1.47. The van der Waals surface area contributed by atoms with Crippen LogP contribution in [-0.4, -0.2) is 5.11 Å². The summed E-state index contributed by atoms with van der Waals surface area (Å²) in [5.74, 6) is -1.48. The number of benzene rings is 1. The van der Waals surface area contributed by atoms with Crippen molar-refractivity contribution in [1.29, 1.82) is 5.26 Å². The second kappa shape index (κ2) is 4.42. The second-order valence-electron chi connectivity index (χ2n) is 4.54. The Morgan fingerprint density at radius 2 is 1.94 bits per heavy atom. The monoisotopic (exact) mass is 237 g/mol. The van der Waals surface area contributed by atoms with Crippen LogP contribution in [0.15, 0.2) is 18.2 Å². The van der Waals surface area contributed by atoms with Crippen LogP contribution in [0.4, 0.5) is 8.78 Å². The summed E-state index contributed by atoms with van der Waals surface area (Å²) in [4.78, 5) is 0. The van der Waals surface area contributed by atoms with E-state index in [0.29, 0.717) is 12.8 Å². The van der Waals surface area contributed by atoms with Crippen LogP contribution in [0.5, 0.6) is 0 Å². The maximum absolute atomic E-state index is 13.6. The van der Waals surface area contributed by atoms with Crippen molar-refractivity contribution in [3.8, 4) is 6.07 Å². The van der Waals surface area contributed by atoms with Crippen molar-refractivity contribution in [3.05, 3.63) is 35.4 Å². The molecule has 0 spiro atoms. The molecule has 1 unspecified atom stereocenters. The first-order chi connectivity index (χ1) is 8.09. The minimum Gasteiger partial charge on any atom is -0.387 e. The first kappa shape index (κ1) is 12.0. The van der Waals surface area contributed by atoms with Gasteiger partial charge in [0.1, 0.15) is 17.7 Å². The number of rotatable bonds is 2. The van der Waals surface area contributed by atoms with E-state index in [1.165, 1.54) is 6.07 Å². The summed E-state index contributed by atoms with van der Waals surface area (Å²) in [5, 5.41) is 19.3. The molecule has 0 aromatic heterocycles. The van der Waals surface area contributed by atoms with E-state index in [1.54, 1.807) is 0 Å². The van der Waals surface area contributed by atoms with E-state index >= 15 is 0 Å². The SMILES string of the molecule is N#CC1(C(O)c2ccc(F)cc2F)CCCC1. The Labute approximate surface area is 98.5 Å². The quantitative estimate of drug-likeness (QED) is 0.859. The van der Waals surface area contributed by atoms with E-state index in [4.69, 9.17) is 0 Å². The van der Waals surface area contributed by atoms with Crippen molar-refractivity contribution in [2.75, 3.05) is 0 Å². The van der Waals surface area contributed by atoms with E-state index in [-0.39, 0.29) is 5.56 Å². The molecular formula is C13H13F2NO. The molecule has 2 nitrogen and oxygen atoms in total. The van der Waals surface area contributed by atoms with Gasteiger partial charge in [0.25, 0.3) is 0 Å². The van der Waals surface area contributed by atoms with Crippen molar-refractivity contribution in [1.82, 2.24) is 0 Å². The number of halogens is 2. The Morgan fingerprint density at radius 3 is 2.47 bits per heavy atom. The molecule has 1 saturated carbocycles. The minimum atomic E-state index is -1.18. The van der Waals surface area contributed by atoms with Gasteiger partial charge in [0.15, 0.2) is 0 Å². The predicted molar refractivity (Wildman–Crippen MR) is 57.8 cm³/mol. The molecule has 17 heavy (non-hydrogen) atoms. The number of hydrogen-bond acceptors (Lipinski definition) is 2. The van der Waals surface area contributed by atoms with Gasteiger partial charge in [0.2, 0.25) is 0 Å². The molecule has 1 fully saturated rings. The summed E-state index contributed by atoms with van der Waals surface area (Å²) in [7, 11) is 0. The first-order valence-electron chi connectivity index (χ1n) is 5.63. The molecule has 0 radical (unpaired) electrons. The Kier molecular flexibility index (Phi) is 3.12. The van der Waals surface area contributed by atoms with Crippen molar-refractivity contribution in [2.24, 2.45) is 5.41 Å². The van der Waals surface area contributed by atoms with Crippen LogP contribution in [0.2, 0.25) is 0 Å². The van der Waals surface area contributed by atoms with E-state index in [2.05, 4.69) is 6.07 Å². The van der Waals surface area contributed by atoms with Crippen molar-refractivity contribution in [3.63, 3.8) is 0 Å². The van der Waals surface area contributed by atoms with Gasteiger partial charge in [0.05, 0.1) is 11.5 Å². The minimum absolute atomic E-state index is 0.00912. The Morgan fingerprint density at radius 1 is 1.29 bits per heavy atom. The number of aliphatic hydroxyl groups is 1. The lowest BCUT2D eigenvalue weighted by Crippen LogP contribution is -2.24. The summed E-state index contributed by atoms with van der Waals surface area (Å²) in [6, 6.07) is 5.16. The average molecular weight is 237 g/mol. The molecule has 1 aliphatic carbocycles. The highest BCUT2D eigenvalue weighted by Gasteiger charge is 2.42. The highest BCUT2D eigenvalue weighted by molar-refractivity contribution is 5.26. The van der Waals surface area contributed by atoms with Crippen LogP contribution < -0.4 is 0 Å². The van der Waals surface area contributed by atoms with Gasteiger partial charge < -0.3 is 5.11 Å². The molecule has 0 aliphatic heterocycles. The maximum Gasteiger partial charge on any atom is 0.131 e. The molecular weight excluding hydrogens is 224 g/mol. The molecule has 1 atom stereocenters. The fourth-order valence-corrected chi connectivity index (χ4v) is 2.47. The van der Waals surface area contributed by atoms with Crippen LogP contribution in [0, 0.1) is 28.4 Å². The van der Waals surface area contributed by atoms with Gasteiger partial charge in [-0.05, 0) is 18.9 Å². The molecule has 1 aromatic carbocycles. The molecule has 1 N–H and O–H groups in total. The van der Waals surface area contributed by atoms with Crippen molar-refractivity contribution < 1.29 is 13.9 Å². The molecule has 0 heterocycles. The molecule has 90 valence electrons. The van der Waals surface area contributed by atoms with Crippen LogP contribution >= 0.6 is 0 Å². The summed E-state index contributed by atoms with van der Waals surface area (Å²) < 4.78 is 26.3. The van der Waals surface area contributed by atoms with Crippen LogP contribution in [0.25, 0.3) is 0 Å². The third-order valence-electron chi connectivity index (χ3n) is 3.50. The van der Waals surface area contributed by atoms with Gasteiger partial charge in [-0.1, -0.05) is 18.9 Å². The standard InChI is InChI=1S/C13H13F2NO/c14-9-3-4-10(11(15)7-9)12(17)13(8-16)5-1-2-6-13/h3-4,7,12,17H,1-2,5-6H2.